The van der Waals surface area contributed by atoms with E-state index in [0.717, 1.165) is 23.3 Å². The van der Waals surface area contributed by atoms with Crippen LogP contribution >= 0.6 is 0 Å². The summed E-state index contributed by atoms with van der Waals surface area (Å²) in [5.74, 6) is 1.37. The van der Waals surface area contributed by atoms with Crippen molar-refractivity contribution in [3.63, 3.8) is 0 Å². The fourth-order valence-corrected chi connectivity index (χ4v) is 1.71. The van der Waals surface area contributed by atoms with Crippen LogP contribution in [0.5, 0.6) is 0 Å². The molecule has 0 amide bonds. The van der Waals surface area contributed by atoms with Gasteiger partial charge in [-0.3, -0.25) is 10.1 Å². The third-order valence-electron chi connectivity index (χ3n) is 2.72. The highest BCUT2D eigenvalue weighted by Crippen LogP contribution is 2.39. The van der Waals surface area contributed by atoms with Crippen molar-refractivity contribution in [2.75, 3.05) is 19.0 Å². The lowest BCUT2D eigenvalue weighted by Crippen LogP contribution is -2.13. The number of hydrogen-bond donors (Lipinski definition) is 0. The summed E-state index contributed by atoms with van der Waals surface area (Å²) in [6.07, 6.45) is 4.83. The number of rotatable bonds is 4. The second kappa shape index (κ2) is 4.53. The van der Waals surface area contributed by atoms with Crippen molar-refractivity contribution in [3.05, 3.63) is 39.7 Å². The summed E-state index contributed by atoms with van der Waals surface area (Å²) >= 11 is 0. The molecule has 1 aromatic rings. The van der Waals surface area contributed by atoms with E-state index in [1.807, 2.05) is 31.1 Å². The largest absolute Gasteiger partial charge is 0.362 e. The molecule has 0 bridgehead atoms. The first-order valence-electron chi connectivity index (χ1n) is 5.58. The summed E-state index contributed by atoms with van der Waals surface area (Å²) in [6, 6.07) is 3.86. The van der Waals surface area contributed by atoms with E-state index in [2.05, 4.69) is 4.98 Å². The molecule has 0 saturated heterocycles. The minimum absolute atomic E-state index is 0.464. The predicted molar refractivity (Wildman–Crippen MR) is 66.6 cm³/mol. The maximum absolute atomic E-state index is 10.3. The minimum Gasteiger partial charge on any atom is -0.362 e. The van der Waals surface area contributed by atoms with Crippen molar-refractivity contribution in [2.45, 2.75) is 18.8 Å². The molecule has 17 heavy (non-hydrogen) atoms. The third kappa shape index (κ3) is 2.81. The topological polar surface area (TPSA) is 59.3 Å². The molecule has 0 aromatic carbocycles. The van der Waals surface area contributed by atoms with E-state index in [4.69, 9.17) is 0 Å². The van der Waals surface area contributed by atoms with Gasteiger partial charge in [-0.15, -0.1) is 0 Å². The lowest BCUT2D eigenvalue weighted by molar-refractivity contribution is -0.400. The molecular formula is C12H15N3O2. The molecule has 0 N–H and O–H groups in total. The van der Waals surface area contributed by atoms with E-state index in [1.54, 1.807) is 0 Å². The molecule has 1 aliphatic carbocycles. The predicted octanol–water partition coefficient (Wildman–Crippen LogP) is 2.27. The van der Waals surface area contributed by atoms with Crippen LogP contribution < -0.4 is 4.90 Å². The molecule has 5 heteroatoms. The van der Waals surface area contributed by atoms with E-state index in [-0.39, 0.29) is 0 Å². The first-order chi connectivity index (χ1) is 8.08. The van der Waals surface area contributed by atoms with Gasteiger partial charge in [0.2, 0.25) is 6.20 Å². The Morgan fingerprint density at radius 1 is 1.47 bits per heavy atom. The van der Waals surface area contributed by atoms with Gasteiger partial charge in [-0.25, -0.2) is 4.98 Å². The summed E-state index contributed by atoms with van der Waals surface area (Å²) < 4.78 is 0. The van der Waals surface area contributed by atoms with E-state index in [0.29, 0.717) is 5.92 Å². The van der Waals surface area contributed by atoms with Crippen molar-refractivity contribution in [3.8, 4) is 0 Å². The second-order valence-corrected chi connectivity index (χ2v) is 4.42. The summed E-state index contributed by atoms with van der Waals surface area (Å²) in [5, 5.41) is 10.3. The van der Waals surface area contributed by atoms with Gasteiger partial charge in [0.1, 0.15) is 5.82 Å². The number of aromatic nitrogens is 1. The SMILES string of the molecule is CN(C)c1nc(C2CC2)ccc1C=C[N+](=O)[O-]. The van der Waals surface area contributed by atoms with E-state index in [1.165, 1.54) is 18.9 Å². The van der Waals surface area contributed by atoms with Gasteiger partial charge in [0.15, 0.2) is 0 Å². The summed E-state index contributed by atoms with van der Waals surface area (Å²) in [4.78, 5) is 16.3. The van der Waals surface area contributed by atoms with Gasteiger partial charge in [0, 0.05) is 37.3 Å². The quantitative estimate of drug-likeness (QED) is 0.591. The maximum atomic E-state index is 10.3. The highest BCUT2D eigenvalue weighted by atomic mass is 16.6. The third-order valence-corrected chi connectivity index (χ3v) is 2.72. The monoisotopic (exact) mass is 233 g/mol. The molecule has 0 radical (unpaired) electrons. The smallest absolute Gasteiger partial charge is 0.235 e. The van der Waals surface area contributed by atoms with Crippen LogP contribution in [0.15, 0.2) is 18.3 Å². The average Bonchev–Trinajstić information content (AvgIpc) is 3.09. The highest BCUT2D eigenvalue weighted by Gasteiger charge is 2.25. The Kier molecular flexibility index (Phi) is 3.08. The molecule has 0 unspecified atom stereocenters. The van der Waals surface area contributed by atoms with Crippen LogP contribution in [0.3, 0.4) is 0 Å². The van der Waals surface area contributed by atoms with Crippen LogP contribution in [0.2, 0.25) is 0 Å². The van der Waals surface area contributed by atoms with Gasteiger partial charge in [-0.2, -0.15) is 0 Å². The number of pyridine rings is 1. The zero-order chi connectivity index (χ0) is 12.4. The molecule has 5 nitrogen and oxygen atoms in total. The maximum Gasteiger partial charge on any atom is 0.235 e. The fourth-order valence-electron chi connectivity index (χ4n) is 1.71. The average molecular weight is 233 g/mol. The molecule has 1 aromatic heterocycles. The molecule has 2 rings (SSSR count). The lowest BCUT2D eigenvalue weighted by Gasteiger charge is -2.15. The van der Waals surface area contributed by atoms with Crippen molar-refractivity contribution >= 4 is 11.9 Å². The zero-order valence-electron chi connectivity index (χ0n) is 9.96. The molecule has 0 spiro atoms. The molecule has 1 fully saturated rings. The van der Waals surface area contributed by atoms with Gasteiger partial charge >= 0.3 is 0 Å². The van der Waals surface area contributed by atoms with Gasteiger partial charge in [0.25, 0.3) is 0 Å². The Bertz CT molecular complexity index is 465. The summed E-state index contributed by atoms with van der Waals surface area (Å²) in [7, 11) is 3.78. The van der Waals surface area contributed by atoms with Crippen molar-refractivity contribution in [1.82, 2.24) is 4.98 Å². The Morgan fingerprint density at radius 2 is 2.18 bits per heavy atom. The Morgan fingerprint density at radius 3 is 2.71 bits per heavy atom. The molecule has 0 aliphatic heterocycles. The van der Waals surface area contributed by atoms with Gasteiger partial charge in [-0.1, -0.05) is 0 Å². The van der Waals surface area contributed by atoms with Crippen LogP contribution in [0.4, 0.5) is 5.82 Å². The Hall–Kier alpha value is -1.91. The number of nitro groups is 1. The Labute approximate surface area is 99.9 Å². The van der Waals surface area contributed by atoms with Crippen molar-refractivity contribution < 1.29 is 4.92 Å². The standard InChI is InChI=1S/C12H15N3O2/c1-14(2)12-10(7-8-15(16)17)5-6-11(13-12)9-3-4-9/h5-9H,3-4H2,1-2H3. The second-order valence-electron chi connectivity index (χ2n) is 4.42. The summed E-state index contributed by atoms with van der Waals surface area (Å²) in [6.45, 7) is 0. The van der Waals surface area contributed by atoms with Crippen LogP contribution in [-0.4, -0.2) is 24.0 Å². The van der Waals surface area contributed by atoms with Gasteiger partial charge in [0.05, 0.1) is 4.92 Å². The van der Waals surface area contributed by atoms with Gasteiger partial charge < -0.3 is 4.90 Å². The zero-order valence-corrected chi connectivity index (χ0v) is 9.96. The molecule has 90 valence electrons. The lowest BCUT2D eigenvalue weighted by atomic mass is 10.2. The molecule has 1 heterocycles. The molecule has 1 saturated carbocycles. The molecule has 0 atom stereocenters. The summed E-state index contributed by atoms with van der Waals surface area (Å²) in [5.41, 5.74) is 1.86. The first kappa shape index (κ1) is 11.6. The highest BCUT2D eigenvalue weighted by molar-refractivity contribution is 5.63. The van der Waals surface area contributed by atoms with E-state index < -0.39 is 4.92 Å². The van der Waals surface area contributed by atoms with Crippen LogP contribution in [0.25, 0.3) is 6.08 Å². The number of hydrogen-bond acceptors (Lipinski definition) is 4. The van der Waals surface area contributed by atoms with Crippen LogP contribution in [0, 0.1) is 10.1 Å². The van der Waals surface area contributed by atoms with E-state index >= 15 is 0 Å². The van der Waals surface area contributed by atoms with Gasteiger partial charge in [-0.05, 0) is 25.0 Å². The van der Waals surface area contributed by atoms with Crippen LogP contribution in [0.1, 0.15) is 30.0 Å². The molecular weight excluding hydrogens is 218 g/mol. The van der Waals surface area contributed by atoms with Crippen molar-refractivity contribution in [2.24, 2.45) is 0 Å². The molecule has 1 aliphatic rings. The fraction of sp³-hybridized carbons (Fsp3) is 0.417. The Balaban J connectivity index is 2.33. The van der Waals surface area contributed by atoms with E-state index in [9.17, 15) is 10.1 Å². The number of nitrogens with zero attached hydrogens (tertiary/aromatic N) is 3. The van der Waals surface area contributed by atoms with Crippen LogP contribution in [-0.2, 0) is 0 Å². The minimum atomic E-state index is -0.464. The van der Waals surface area contributed by atoms with Crippen molar-refractivity contribution in [1.29, 1.82) is 0 Å². The first-order valence-corrected chi connectivity index (χ1v) is 5.58. The normalized spacial score (nSPS) is 15.2. The number of anilines is 1.